The van der Waals surface area contributed by atoms with Crippen molar-refractivity contribution in [2.45, 2.75) is 46.5 Å². The number of hydrogen-bond acceptors (Lipinski definition) is 2. The van der Waals surface area contributed by atoms with Crippen LogP contribution in [0.4, 0.5) is 0 Å². The summed E-state index contributed by atoms with van der Waals surface area (Å²) in [6, 6.07) is 0. The zero-order valence-electron chi connectivity index (χ0n) is 15.5. The van der Waals surface area contributed by atoms with Crippen molar-refractivity contribution in [2.24, 2.45) is 16.3 Å². The normalized spacial score (nSPS) is 16.3. The second-order valence-electron chi connectivity index (χ2n) is 7.59. The van der Waals surface area contributed by atoms with Crippen LogP contribution in [0, 0.1) is 11.3 Å². The average molecular weight is 322 g/mol. The number of carbonyl (C=O) groups is 1. The van der Waals surface area contributed by atoms with Crippen molar-refractivity contribution in [3.05, 3.63) is 12.2 Å². The second-order valence-corrected chi connectivity index (χ2v) is 7.59. The molecule has 0 aromatic rings. The van der Waals surface area contributed by atoms with Gasteiger partial charge in [-0.05, 0) is 31.1 Å². The van der Waals surface area contributed by atoms with Crippen LogP contribution in [0.25, 0.3) is 0 Å². The van der Waals surface area contributed by atoms with Gasteiger partial charge in [-0.25, -0.2) is 4.99 Å². The molecule has 0 aliphatic heterocycles. The van der Waals surface area contributed by atoms with E-state index in [4.69, 9.17) is 0 Å². The van der Waals surface area contributed by atoms with E-state index in [0.717, 1.165) is 18.0 Å². The molecule has 0 aromatic heterocycles. The van der Waals surface area contributed by atoms with Gasteiger partial charge >= 0.3 is 0 Å². The molecule has 1 saturated carbocycles. The van der Waals surface area contributed by atoms with Crippen LogP contribution in [0.15, 0.2) is 17.1 Å². The molecule has 0 unspecified atom stereocenters. The SMILES string of the molecule is C=C(C)CNC(=NCC(=O)N(C)C)NCC(C)(C)C1CCCC1. The standard InChI is InChI=1S/C18H34N4O/c1-14(2)11-19-17(20-12-16(23)22(5)6)21-13-18(3,4)15-9-7-8-10-15/h15H,1,7-13H2,2-6H3,(H2,19,20,21). The molecule has 5 nitrogen and oxygen atoms in total. The number of carbonyl (C=O) groups excluding carboxylic acids is 1. The van der Waals surface area contributed by atoms with Gasteiger partial charge in [0.1, 0.15) is 6.54 Å². The highest BCUT2D eigenvalue weighted by Crippen LogP contribution is 2.38. The predicted molar refractivity (Wildman–Crippen MR) is 97.6 cm³/mol. The largest absolute Gasteiger partial charge is 0.356 e. The van der Waals surface area contributed by atoms with E-state index in [2.05, 4.69) is 36.1 Å². The van der Waals surface area contributed by atoms with Crippen molar-refractivity contribution in [1.82, 2.24) is 15.5 Å². The number of guanidine groups is 1. The maximum atomic E-state index is 11.7. The van der Waals surface area contributed by atoms with Crippen LogP contribution in [0.2, 0.25) is 0 Å². The summed E-state index contributed by atoms with van der Waals surface area (Å²) >= 11 is 0. The summed E-state index contributed by atoms with van der Waals surface area (Å²) in [6.07, 6.45) is 5.33. The number of amides is 1. The summed E-state index contributed by atoms with van der Waals surface area (Å²) in [4.78, 5) is 17.7. The van der Waals surface area contributed by atoms with E-state index >= 15 is 0 Å². The first-order chi connectivity index (χ1) is 10.7. The van der Waals surface area contributed by atoms with Crippen LogP contribution in [0.3, 0.4) is 0 Å². The molecule has 0 saturated heterocycles. The van der Waals surface area contributed by atoms with Crippen LogP contribution in [0.1, 0.15) is 46.5 Å². The van der Waals surface area contributed by atoms with Gasteiger partial charge < -0.3 is 15.5 Å². The number of rotatable bonds is 7. The molecule has 0 radical (unpaired) electrons. The summed E-state index contributed by atoms with van der Waals surface area (Å²) in [7, 11) is 3.49. The zero-order valence-corrected chi connectivity index (χ0v) is 15.5. The van der Waals surface area contributed by atoms with E-state index in [1.165, 1.54) is 25.7 Å². The summed E-state index contributed by atoms with van der Waals surface area (Å²) in [5.74, 6) is 1.45. The Bertz CT molecular complexity index is 434. The lowest BCUT2D eigenvalue weighted by molar-refractivity contribution is -0.127. The van der Waals surface area contributed by atoms with Gasteiger partial charge in [0.05, 0.1) is 0 Å². The quantitative estimate of drug-likeness (QED) is 0.430. The molecule has 1 aliphatic carbocycles. The van der Waals surface area contributed by atoms with Gasteiger partial charge in [-0.3, -0.25) is 4.79 Å². The van der Waals surface area contributed by atoms with Crippen molar-refractivity contribution >= 4 is 11.9 Å². The Morgan fingerprint density at radius 3 is 2.39 bits per heavy atom. The number of nitrogens with one attached hydrogen (secondary N) is 2. The Morgan fingerprint density at radius 2 is 1.87 bits per heavy atom. The third-order valence-electron chi connectivity index (χ3n) is 4.60. The minimum absolute atomic E-state index is 0.00326. The Hall–Kier alpha value is -1.52. The van der Waals surface area contributed by atoms with E-state index in [0.29, 0.717) is 12.5 Å². The summed E-state index contributed by atoms with van der Waals surface area (Å²) in [6.45, 7) is 12.2. The van der Waals surface area contributed by atoms with E-state index in [9.17, 15) is 4.79 Å². The van der Waals surface area contributed by atoms with Crippen LogP contribution in [0.5, 0.6) is 0 Å². The lowest BCUT2D eigenvalue weighted by Crippen LogP contribution is -2.44. The van der Waals surface area contributed by atoms with E-state index in [-0.39, 0.29) is 17.9 Å². The summed E-state index contributed by atoms with van der Waals surface area (Å²) < 4.78 is 0. The molecule has 0 aromatic carbocycles. The van der Waals surface area contributed by atoms with Gasteiger partial charge in [0.25, 0.3) is 0 Å². The average Bonchev–Trinajstić information content (AvgIpc) is 3.00. The van der Waals surface area contributed by atoms with Crippen molar-refractivity contribution in [3.8, 4) is 0 Å². The summed E-state index contributed by atoms with van der Waals surface area (Å²) in [5.41, 5.74) is 1.27. The molecule has 23 heavy (non-hydrogen) atoms. The molecule has 1 aliphatic rings. The second kappa shape index (κ2) is 8.94. The van der Waals surface area contributed by atoms with Gasteiger partial charge in [0.2, 0.25) is 5.91 Å². The fourth-order valence-corrected chi connectivity index (χ4v) is 2.86. The van der Waals surface area contributed by atoms with Crippen LogP contribution in [-0.2, 0) is 4.79 Å². The topological polar surface area (TPSA) is 56.7 Å². The first-order valence-corrected chi connectivity index (χ1v) is 8.59. The molecule has 132 valence electrons. The third kappa shape index (κ3) is 7.06. The predicted octanol–water partition coefficient (Wildman–Crippen LogP) is 2.40. The smallest absolute Gasteiger partial charge is 0.243 e. The number of aliphatic imine (C=N–C) groups is 1. The fraction of sp³-hybridized carbons (Fsp3) is 0.778. The summed E-state index contributed by atoms with van der Waals surface area (Å²) in [5, 5.41) is 6.66. The van der Waals surface area contributed by atoms with E-state index < -0.39 is 0 Å². The lowest BCUT2D eigenvalue weighted by atomic mass is 9.78. The minimum atomic E-state index is -0.00326. The number of hydrogen-bond donors (Lipinski definition) is 2. The number of likely N-dealkylation sites (N-methyl/N-ethyl adjacent to an activating group) is 1. The Balaban J connectivity index is 2.62. The highest BCUT2D eigenvalue weighted by Gasteiger charge is 2.31. The molecule has 1 fully saturated rings. The Labute approximate surface area is 141 Å². The molecular weight excluding hydrogens is 288 g/mol. The molecule has 0 heterocycles. The first kappa shape index (κ1) is 19.5. The lowest BCUT2D eigenvalue weighted by Gasteiger charge is -2.32. The maximum Gasteiger partial charge on any atom is 0.243 e. The van der Waals surface area contributed by atoms with Gasteiger partial charge in [-0.2, -0.15) is 0 Å². The van der Waals surface area contributed by atoms with E-state index in [1.807, 2.05) is 6.92 Å². The molecule has 2 N–H and O–H groups in total. The van der Waals surface area contributed by atoms with Crippen molar-refractivity contribution in [3.63, 3.8) is 0 Å². The molecule has 0 spiro atoms. The van der Waals surface area contributed by atoms with Crippen molar-refractivity contribution in [1.29, 1.82) is 0 Å². The Morgan fingerprint density at radius 1 is 1.26 bits per heavy atom. The molecule has 5 heteroatoms. The van der Waals surface area contributed by atoms with Gasteiger partial charge in [-0.15, -0.1) is 0 Å². The third-order valence-corrected chi connectivity index (χ3v) is 4.60. The van der Waals surface area contributed by atoms with Crippen LogP contribution >= 0.6 is 0 Å². The molecule has 0 atom stereocenters. The maximum absolute atomic E-state index is 11.7. The molecular formula is C18H34N4O. The molecule has 1 rings (SSSR count). The minimum Gasteiger partial charge on any atom is -0.356 e. The van der Waals surface area contributed by atoms with Gasteiger partial charge in [0.15, 0.2) is 5.96 Å². The monoisotopic (exact) mass is 322 g/mol. The van der Waals surface area contributed by atoms with Gasteiger partial charge in [-0.1, -0.05) is 38.8 Å². The highest BCUT2D eigenvalue weighted by molar-refractivity contribution is 5.84. The molecule has 0 bridgehead atoms. The van der Waals surface area contributed by atoms with Crippen molar-refractivity contribution < 1.29 is 4.79 Å². The van der Waals surface area contributed by atoms with Crippen LogP contribution in [-0.4, -0.2) is 50.5 Å². The fourth-order valence-electron chi connectivity index (χ4n) is 2.86. The highest BCUT2D eigenvalue weighted by atomic mass is 16.2. The van der Waals surface area contributed by atoms with Crippen LogP contribution < -0.4 is 10.6 Å². The van der Waals surface area contributed by atoms with Crippen molar-refractivity contribution in [2.75, 3.05) is 33.7 Å². The first-order valence-electron chi connectivity index (χ1n) is 8.59. The number of nitrogens with zero attached hydrogens (tertiary/aromatic N) is 2. The zero-order chi connectivity index (χ0) is 17.5. The van der Waals surface area contributed by atoms with Gasteiger partial charge in [0, 0.05) is 27.2 Å². The van der Waals surface area contributed by atoms with E-state index in [1.54, 1.807) is 19.0 Å². The Kier molecular flexibility index (Phi) is 7.59. The molecule has 1 amide bonds.